The van der Waals surface area contributed by atoms with E-state index in [2.05, 4.69) is 79.7 Å². The van der Waals surface area contributed by atoms with Crippen LogP contribution in [0.2, 0.25) is 0 Å². The van der Waals surface area contributed by atoms with E-state index in [0.29, 0.717) is 0 Å². The molecule has 38 heavy (non-hydrogen) atoms. The molecule has 194 valence electrons. The van der Waals surface area contributed by atoms with Crippen molar-refractivity contribution >= 4 is 10.8 Å². The van der Waals surface area contributed by atoms with Gasteiger partial charge >= 0.3 is 25.8 Å². The zero-order valence-corrected chi connectivity index (χ0v) is 27.7. The number of benzene rings is 3. The first-order valence-electron chi connectivity index (χ1n) is 13.3. The molecule has 1 aliphatic carbocycles. The Kier molecular flexibility index (Phi) is 12.4. The Labute approximate surface area is 250 Å². The fourth-order valence-corrected chi connectivity index (χ4v) is 4.79. The number of hydrogen-bond acceptors (Lipinski definition) is 0. The molecular formula is C37H42Hf. The van der Waals surface area contributed by atoms with Crippen molar-refractivity contribution in [3.63, 3.8) is 0 Å². The molecule has 5 aromatic rings. The molecule has 0 atom stereocenters. The van der Waals surface area contributed by atoms with E-state index >= 15 is 0 Å². The molecule has 0 aromatic heterocycles. The topological polar surface area (TPSA) is 0 Å². The third kappa shape index (κ3) is 8.37. The molecule has 5 aromatic carbocycles. The second kappa shape index (κ2) is 15.0. The summed E-state index contributed by atoms with van der Waals surface area (Å²) in [5.74, 6) is 0. The Bertz CT molecular complexity index is 1280. The number of hydrogen-bond donors (Lipinski definition) is 0. The van der Waals surface area contributed by atoms with Crippen molar-refractivity contribution in [1.29, 1.82) is 0 Å². The van der Waals surface area contributed by atoms with Gasteiger partial charge in [0.1, 0.15) is 0 Å². The molecule has 0 saturated heterocycles. The Morgan fingerprint density at radius 1 is 0.632 bits per heavy atom. The minimum absolute atomic E-state index is 0. The van der Waals surface area contributed by atoms with Gasteiger partial charge in [0, 0.05) is 0 Å². The molecule has 1 aliphatic rings. The van der Waals surface area contributed by atoms with Crippen molar-refractivity contribution in [3.05, 3.63) is 154 Å². The maximum atomic E-state index is 3.72. The van der Waals surface area contributed by atoms with Gasteiger partial charge in [-0.2, -0.15) is 89.2 Å². The van der Waals surface area contributed by atoms with Crippen molar-refractivity contribution in [1.82, 2.24) is 0 Å². The van der Waals surface area contributed by atoms with Gasteiger partial charge in [-0.3, -0.25) is 0 Å². The Hall–Kier alpha value is -2.77. The van der Waals surface area contributed by atoms with E-state index in [4.69, 9.17) is 0 Å². The van der Waals surface area contributed by atoms with Crippen LogP contribution in [0.1, 0.15) is 62.1 Å². The zero-order valence-electron chi connectivity index (χ0n) is 24.1. The first-order chi connectivity index (χ1) is 17.7. The van der Waals surface area contributed by atoms with Gasteiger partial charge in [0.25, 0.3) is 0 Å². The smallest absolute Gasteiger partial charge is 0.199 e. The Morgan fingerprint density at radius 3 is 1.45 bits per heavy atom. The van der Waals surface area contributed by atoms with Crippen LogP contribution in [-0.4, -0.2) is 0 Å². The average molecular weight is 665 g/mol. The molecule has 0 N–H and O–H groups in total. The third-order valence-electron chi connectivity index (χ3n) is 7.70. The normalized spacial score (nSPS) is 11.1. The molecule has 0 saturated carbocycles. The summed E-state index contributed by atoms with van der Waals surface area (Å²) in [4.78, 5) is 0. The molecule has 0 amide bonds. The van der Waals surface area contributed by atoms with Gasteiger partial charge in [0.2, 0.25) is 0 Å². The largest absolute Gasteiger partial charge is 4.00 e. The van der Waals surface area contributed by atoms with Gasteiger partial charge in [0.15, 0.2) is 0 Å². The van der Waals surface area contributed by atoms with Crippen molar-refractivity contribution in [3.8, 4) is 0 Å². The van der Waals surface area contributed by atoms with Crippen LogP contribution >= 0.6 is 0 Å². The second-order valence-electron chi connectivity index (χ2n) is 10.2. The second-order valence-corrected chi connectivity index (χ2v) is 10.2. The van der Waals surface area contributed by atoms with Crippen LogP contribution in [0.25, 0.3) is 10.8 Å². The predicted molar refractivity (Wildman–Crippen MR) is 164 cm³/mol. The van der Waals surface area contributed by atoms with Crippen LogP contribution in [0.15, 0.2) is 84.9 Å². The van der Waals surface area contributed by atoms with E-state index in [1.165, 1.54) is 63.4 Å². The van der Waals surface area contributed by atoms with Crippen molar-refractivity contribution in [2.75, 3.05) is 0 Å². The summed E-state index contributed by atoms with van der Waals surface area (Å²) in [5.41, 5.74) is 14.1. The van der Waals surface area contributed by atoms with Gasteiger partial charge in [-0.25, -0.2) is 0 Å². The number of rotatable bonds is 0. The van der Waals surface area contributed by atoms with Crippen LogP contribution in [0.4, 0.5) is 0 Å². The average Bonchev–Trinajstić information content (AvgIpc) is 3.56. The molecule has 0 nitrogen and oxygen atoms in total. The predicted octanol–water partition coefficient (Wildman–Crippen LogP) is 10.0. The van der Waals surface area contributed by atoms with Crippen molar-refractivity contribution in [2.45, 2.75) is 60.8 Å². The minimum Gasteiger partial charge on any atom is -0.199 e. The molecule has 0 radical (unpaired) electrons. The SMILES string of the molecule is C[c-]1ccc2cc3c(cc21)CCC3.Cc1c(C)c(C)[c-](C)c1C.[CH2-]c1ccccc1.[CH2-]c1ccccc1.[Hf+4]. The first kappa shape index (κ1) is 31.4. The summed E-state index contributed by atoms with van der Waals surface area (Å²) in [6.45, 7) is 20.6. The third-order valence-corrected chi connectivity index (χ3v) is 7.70. The van der Waals surface area contributed by atoms with Gasteiger partial charge in [-0.1, -0.05) is 64.8 Å². The number of aryl methyl sites for hydroxylation is 3. The molecule has 0 spiro atoms. The number of fused-ring (bicyclic) bond motifs is 2. The Balaban J connectivity index is 0.000000183. The van der Waals surface area contributed by atoms with E-state index in [0.717, 1.165) is 11.1 Å². The van der Waals surface area contributed by atoms with Crippen LogP contribution < -0.4 is 0 Å². The molecule has 0 unspecified atom stereocenters. The summed E-state index contributed by atoms with van der Waals surface area (Å²) in [5, 5.41) is 2.89. The van der Waals surface area contributed by atoms with Crippen molar-refractivity contribution < 1.29 is 25.8 Å². The zero-order chi connectivity index (χ0) is 26.9. The van der Waals surface area contributed by atoms with E-state index in [1.807, 2.05) is 60.7 Å². The first-order valence-corrected chi connectivity index (χ1v) is 13.3. The fraction of sp³-hybridized carbons (Fsp3) is 0.243. The molecule has 0 heterocycles. The van der Waals surface area contributed by atoms with Gasteiger partial charge in [-0.05, 0) is 19.3 Å². The van der Waals surface area contributed by atoms with E-state index < -0.39 is 0 Å². The van der Waals surface area contributed by atoms with E-state index in [1.54, 1.807) is 11.1 Å². The maximum Gasteiger partial charge on any atom is 4.00 e. The maximum absolute atomic E-state index is 3.72. The monoisotopic (exact) mass is 666 g/mol. The van der Waals surface area contributed by atoms with E-state index in [-0.39, 0.29) is 25.8 Å². The van der Waals surface area contributed by atoms with Crippen LogP contribution in [0.3, 0.4) is 0 Å². The molecule has 0 bridgehead atoms. The summed E-state index contributed by atoms with van der Waals surface area (Å²) < 4.78 is 0. The van der Waals surface area contributed by atoms with Gasteiger partial charge in [0.05, 0.1) is 0 Å². The van der Waals surface area contributed by atoms with Crippen LogP contribution in [0, 0.1) is 55.4 Å². The summed E-state index contributed by atoms with van der Waals surface area (Å²) in [7, 11) is 0. The Morgan fingerprint density at radius 2 is 1.08 bits per heavy atom. The molecule has 0 fully saturated rings. The van der Waals surface area contributed by atoms with Crippen LogP contribution in [0.5, 0.6) is 0 Å². The minimum atomic E-state index is 0. The summed E-state index contributed by atoms with van der Waals surface area (Å²) in [6.07, 6.45) is 3.92. The van der Waals surface area contributed by atoms with Crippen LogP contribution in [-0.2, 0) is 38.7 Å². The molecular weight excluding hydrogens is 623 g/mol. The molecule has 1 heteroatoms. The fourth-order valence-electron chi connectivity index (χ4n) is 4.79. The van der Waals surface area contributed by atoms with Gasteiger partial charge < -0.3 is 0 Å². The van der Waals surface area contributed by atoms with Gasteiger partial charge in [-0.15, -0.1) is 52.7 Å². The molecule has 6 rings (SSSR count). The molecule has 0 aliphatic heterocycles. The van der Waals surface area contributed by atoms with E-state index in [9.17, 15) is 0 Å². The summed E-state index contributed by atoms with van der Waals surface area (Å²) >= 11 is 0. The standard InChI is InChI=1S/C13H13.C10H15.2C7H7.Hf/c1-9-5-6-12-7-10-3-2-4-11(10)8-13(9)12;1-6-7(2)9(4)10(5)8(6)3;2*1-7-5-3-2-4-6-7;/h5-8H,2-4H2,1H3;1-5H3;2*2-6H,1H2;/q4*-1;+4. The van der Waals surface area contributed by atoms with Crippen molar-refractivity contribution in [2.24, 2.45) is 0 Å². The quantitative estimate of drug-likeness (QED) is 0.114. The summed E-state index contributed by atoms with van der Waals surface area (Å²) in [6, 6.07) is 29.0.